The molecule has 0 fully saturated rings. The molecule has 1 heterocycles. The number of benzene rings is 2. The van der Waals surface area contributed by atoms with E-state index in [2.05, 4.69) is 38.4 Å². The molecule has 0 atom stereocenters. The Hall–Kier alpha value is -1.59. The molecule has 0 unspecified atom stereocenters. The van der Waals surface area contributed by atoms with Crippen molar-refractivity contribution in [2.45, 2.75) is 6.92 Å². The zero-order valence-corrected chi connectivity index (χ0v) is 13.5. The average Bonchev–Trinajstić information content (AvgIpc) is 2.80. The maximum absolute atomic E-state index is 5.27. The first kappa shape index (κ1) is 13.4. The lowest BCUT2D eigenvalue weighted by Gasteiger charge is -2.07. The third-order valence-electron chi connectivity index (χ3n) is 3.00. The van der Waals surface area contributed by atoms with E-state index < -0.39 is 0 Å². The number of fused-ring (bicyclic) bond motifs is 1. The maximum atomic E-state index is 5.27. The van der Waals surface area contributed by atoms with E-state index in [4.69, 9.17) is 4.74 Å². The predicted octanol–water partition coefficient (Wildman–Crippen LogP) is 5.12. The summed E-state index contributed by atoms with van der Waals surface area (Å²) in [5, 5.41) is 4.23. The highest BCUT2D eigenvalue weighted by atomic mass is 79.9. The predicted molar refractivity (Wildman–Crippen MR) is 88.3 cm³/mol. The number of ether oxygens (including phenoxy) is 1. The number of anilines is 2. The minimum absolute atomic E-state index is 0.891. The van der Waals surface area contributed by atoms with Crippen LogP contribution in [0, 0.1) is 6.92 Å². The summed E-state index contributed by atoms with van der Waals surface area (Å²) < 4.78 is 7.48. The zero-order chi connectivity index (χ0) is 14.1. The van der Waals surface area contributed by atoms with E-state index in [0.29, 0.717) is 0 Å². The second-order valence-corrected chi connectivity index (χ2v) is 6.39. The van der Waals surface area contributed by atoms with Gasteiger partial charge in [-0.25, -0.2) is 4.98 Å². The van der Waals surface area contributed by atoms with Crippen LogP contribution in [0.4, 0.5) is 10.8 Å². The number of methoxy groups -OCH3 is 1. The summed E-state index contributed by atoms with van der Waals surface area (Å²) in [6, 6.07) is 12.1. The Morgan fingerprint density at radius 2 is 2.05 bits per heavy atom. The van der Waals surface area contributed by atoms with Gasteiger partial charge >= 0.3 is 0 Å². The fourth-order valence-corrected chi connectivity index (χ4v) is 3.25. The highest BCUT2D eigenvalue weighted by Gasteiger charge is 2.06. The van der Waals surface area contributed by atoms with Crippen LogP contribution in [0.25, 0.3) is 10.2 Å². The number of thiazole rings is 1. The summed E-state index contributed by atoms with van der Waals surface area (Å²) in [5.41, 5.74) is 3.11. The van der Waals surface area contributed by atoms with Gasteiger partial charge in [-0.1, -0.05) is 27.3 Å². The van der Waals surface area contributed by atoms with Crippen molar-refractivity contribution in [3.8, 4) is 5.75 Å². The summed E-state index contributed by atoms with van der Waals surface area (Å²) in [7, 11) is 1.68. The molecule has 5 heteroatoms. The van der Waals surface area contributed by atoms with Crippen molar-refractivity contribution in [1.29, 1.82) is 0 Å². The quantitative estimate of drug-likeness (QED) is 0.713. The van der Waals surface area contributed by atoms with Crippen molar-refractivity contribution >= 4 is 48.3 Å². The van der Waals surface area contributed by atoms with Gasteiger partial charge in [-0.2, -0.15) is 0 Å². The van der Waals surface area contributed by atoms with Gasteiger partial charge in [-0.15, -0.1) is 0 Å². The first-order valence-corrected chi connectivity index (χ1v) is 7.74. The van der Waals surface area contributed by atoms with Crippen molar-refractivity contribution in [1.82, 2.24) is 4.98 Å². The van der Waals surface area contributed by atoms with Gasteiger partial charge < -0.3 is 10.1 Å². The number of halogens is 1. The normalized spacial score (nSPS) is 10.8. The van der Waals surface area contributed by atoms with Crippen LogP contribution in [0.5, 0.6) is 5.75 Å². The van der Waals surface area contributed by atoms with Crippen molar-refractivity contribution in [2.75, 3.05) is 12.4 Å². The SMILES string of the molecule is COc1ccc(Nc2nc3cc(Br)ccc3s2)cc1C. The molecule has 0 saturated heterocycles. The Morgan fingerprint density at radius 1 is 1.20 bits per heavy atom. The smallest absolute Gasteiger partial charge is 0.188 e. The number of hydrogen-bond acceptors (Lipinski definition) is 4. The van der Waals surface area contributed by atoms with Gasteiger partial charge in [0.25, 0.3) is 0 Å². The van der Waals surface area contributed by atoms with E-state index in [0.717, 1.165) is 32.1 Å². The van der Waals surface area contributed by atoms with Crippen molar-refractivity contribution in [3.05, 3.63) is 46.4 Å². The number of hydrogen-bond donors (Lipinski definition) is 1. The summed E-state index contributed by atoms with van der Waals surface area (Å²) in [4.78, 5) is 4.59. The van der Waals surface area contributed by atoms with Gasteiger partial charge in [-0.3, -0.25) is 0 Å². The number of nitrogens with one attached hydrogen (secondary N) is 1. The molecule has 0 saturated carbocycles. The Labute approximate surface area is 129 Å². The Kier molecular flexibility index (Phi) is 3.63. The maximum Gasteiger partial charge on any atom is 0.188 e. The highest BCUT2D eigenvalue weighted by molar-refractivity contribution is 9.10. The Balaban J connectivity index is 1.90. The molecule has 0 amide bonds. The number of rotatable bonds is 3. The molecule has 20 heavy (non-hydrogen) atoms. The molecule has 0 aliphatic rings. The van der Waals surface area contributed by atoms with E-state index in [1.54, 1.807) is 18.4 Å². The first-order chi connectivity index (χ1) is 9.65. The van der Waals surface area contributed by atoms with E-state index in [1.165, 1.54) is 4.70 Å². The summed E-state index contributed by atoms with van der Waals surface area (Å²) in [6.07, 6.45) is 0. The summed E-state index contributed by atoms with van der Waals surface area (Å²) in [5.74, 6) is 0.892. The van der Waals surface area contributed by atoms with Crippen LogP contribution in [0.3, 0.4) is 0 Å². The van der Waals surface area contributed by atoms with Gasteiger partial charge in [0.1, 0.15) is 5.75 Å². The molecule has 0 bridgehead atoms. The van der Waals surface area contributed by atoms with Gasteiger partial charge in [0, 0.05) is 10.2 Å². The monoisotopic (exact) mass is 348 g/mol. The lowest BCUT2D eigenvalue weighted by molar-refractivity contribution is 0.412. The Morgan fingerprint density at radius 3 is 2.80 bits per heavy atom. The Bertz CT molecular complexity index is 770. The first-order valence-electron chi connectivity index (χ1n) is 6.13. The van der Waals surface area contributed by atoms with Crippen LogP contribution < -0.4 is 10.1 Å². The molecule has 0 spiro atoms. The fraction of sp³-hybridized carbons (Fsp3) is 0.133. The van der Waals surface area contributed by atoms with Crippen LogP contribution in [0.15, 0.2) is 40.9 Å². The van der Waals surface area contributed by atoms with Crippen LogP contribution >= 0.6 is 27.3 Å². The largest absolute Gasteiger partial charge is 0.496 e. The molecule has 3 aromatic rings. The van der Waals surface area contributed by atoms with Crippen molar-refractivity contribution < 1.29 is 4.74 Å². The molecule has 0 radical (unpaired) electrons. The standard InChI is InChI=1S/C15H13BrN2OS/c1-9-7-11(4-5-13(9)19-2)17-15-18-12-8-10(16)3-6-14(12)20-15/h3-8H,1-2H3,(H,17,18). The minimum atomic E-state index is 0.891. The van der Waals surface area contributed by atoms with Crippen LogP contribution in [0.2, 0.25) is 0 Å². The van der Waals surface area contributed by atoms with Crippen LogP contribution in [0.1, 0.15) is 5.56 Å². The fourth-order valence-electron chi connectivity index (χ4n) is 2.03. The second-order valence-electron chi connectivity index (χ2n) is 4.44. The molecule has 1 N–H and O–H groups in total. The third kappa shape index (κ3) is 2.64. The zero-order valence-electron chi connectivity index (χ0n) is 11.1. The number of aromatic nitrogens is 1. The molecule has 0 aliphatic carbocycles. The molecule has 2 aromatic carbocycles. The minimum Gasteiger partial charge on any atom is -0.496 e. The third-order valence-corrected chi connectivity index (χ3v) is 4.44. The van der Waals surface area contributed by atoms with E-state index in [9.17, 15) is 0 Å². The molecule has 0 aliphatic heterocycles. The van der Waals surface area contributed by atoms with Gasteiger partial charge in [-0.05, 0) is 48.9 Å². The molecule has 102 valence electrons. The highest BCUT2D eigenvalue weighted by Crippen LogP contribution is 2.31. The molecule has 1 aromatic heterocycles. The molecular weight excluding hydrogens is 336 g/mol. The van der Waals surface area contributed by atoms with Crippen LogP contribution in [-0.4, -0.2) is 12.1 Å². The van der Waals surface area contributed by atoms with Gasteiger partial charge in [0.15, 0.2) is 5.13 Å². The second kappa shape index (κ2) is 5.42. The lowest BCUT2D eigenvalue weighted by atomic mass is 10.2. The molecular formula is C15H13BrN2OS. The summed E-state index contributed by atoms with van der Waals surface area (Å²) >= 11 is 5.11. The molecule has 3 nitrogen and oxygen atoms in total. The molecule has 3 rings (SSSR count). The summed E-state index contributed by atoms with van der Waals surface area (Å²) in [6.45, 7) is 2.03. The van der Waals surface area contributed by atoms with Gasteiger partial charge in [0.05, 0.1) is 17.3 Å². The van der Waals surface area contributed by atoms with E-state index in [1.807, 2.05) is 31.2 Å². The topological polar surface area (TPSA) is 34.1 Å². The van der Waals surface area contributed by atoms with E-state index in [-0.39, 0.29) is 0 Å². The van der Waals surface area contributed by atoms with Crippen LogP contribution in [-0.2, 0) is 0 Å². The number of nitrogens with zero attached hydrogens (tertiary/aromatic N) is 1. The van der Waals surface area contributed by atoms with Crippen molar-refractivity contribution in [2.24, 2.45) is 0 Å². The van der Waals surface area contributed by atoms with Crippen molar-refractivity contribution in [3.63, 3.8) is 0 Å². The lowest BCUT2D eigenvalue weighted by Crippen LogP contribution is -1.92. The van der Waals surface area contributed by atoms with E-state index >= 15 is 0 Å². The average molecular weight is 349 g/mol. The van der Waals surface area contributed by atoms with Gasteiger partial charge in [0.2, 0.25) is 0 Å². The number of aryl methyl sites for hydroxylation is 1.